The van der Waals surface area contributed by atoms with E-state index in [9.17, 15) is 9.59 Å². The fourth-order valence-electron chi connectivity index (χ4n) is 3.93. The maximum atomic E-state index is 12.7. The average molecular weight is 430 g/mol. The van der Waals surface area contributed by atoms with Gasteiger partial charge < -0.3 is 9.47 Å². The van der Waals surface area contributed by atoms with E-state index in [4.69, 9.17) is 4.98 Å². The minimum atomic E-state index is -0.442. The van der Waals surface area contributed by atoms with Gasteiger partial charge in [0.15, 0.2) is 16.3 Å². The van der Waals surface area contributed by atoms with E-state index in [1.807, 2.05) is 17.6 Å². The molecule has 1 atom stereocenters. The number of anilines is 1. The van der Waals surface area contributed by atoms with Crippen LogP contribution in [0.25, 0.3) is 11.2 Å². The molecule has 0 aliphatic carbocycles. The Hall–Kier alpha value is -2.62. The van der Waals surface area contributed by atoms with Gasteiger partial charge in [-0.25, -0.2) is 14.8 Å². The van der Waals surface area contributed by atoms with Gasteiger partial charge in [-0.2, -0.15) is 4.98 Å². The first-order valence-corrected chi connectivity index (χ1v) is 11.3. The van der Waals surface area contributed by atoms with Gasteiger partial charge in [-0.3, -0.25) is 14.3 Å². The Bertz CT molecular complexity index is 1170. The van der Waals surface area contributed by atoms with Crippen LogP contribution >= 0.6 is 11.8 Å². The second-order valence-corrected chi connectivity index (χ2v) is 8.99. The fraction of sp³-hybridized carbons (Fsp3) is 0.550. The number of thioether (sulfide) groups is 1. The molecule has 0 unspecified atom stereocenters. The Morgan fingerprint density at radius 1 is 1.30 bits per heavy atom. The van der Waals surface area contributed by atoms with Crippen molar-refractivity contribution in [1.82, 2.24) is 29.1 Å². The van der Waals surface area contributed by atoms with Gasteiger partial charge in [0, 0.05) is 44.3 Å². The monoisotopic (exact) mass is 429 g/mol. The van der Waals surface area contributed by atoms with E-state index >= 15 is 0 Å². The highest BCUT2D eigenvalue weighted by molar-refractivity contribution is 7.99. The molecule has 1 N–H and O–H groups in total. The summed E-state index contributed by atoms with van der Waals surface area (Å²) in [7, 11) is 1.64. The van der Waals surface area contributed by atoms with Crippen molar-refractivity contribution < 1.29 is 0 Å². The summed E-state index contributed by atoms with van der Waals surface area (Å²) in [6, 6.07) is 1.88. The summed E-state index contributed by atoms with van der Waals surface area (Å²) in [6.45, 7) is 6.63. The molecule has 0 aromatic carbocycles. The van der Waals surface area contributed by atoms with Gasteiger partial charge >= 0.3 is 5.69 Å². The summed E-state index contributed by atoms with van der Waals surface area (Å²) in [5.74, 6) is 2.17. The number of imidazole rings is 1. The lowest BCUT2D eigenvalue weighted by atomic mass is 10.0. The molecule has 1 aliphatic heterocycles. The standard InChI is InChI=1S/C20H27N7O2S/c1-13-6-4-9-26(12-13)19-23-16-15(17(28)24-20(29)25(16)3)27(19)10-5-11-30-18-21-8-7-14(2)22-18/h7-8,13H,4-6,9-12H2,1-3H3,(H,24,28,29)/t13-/m1/s1. The van der Waals surface area contributed by atoms with E-state index in [1.165, 1.54) is 11.0 Å². The summed E-state index contributed by atoms with van der Waals surface area (Å²) in [5.41, 5.74) is 1.02. The zero-order valence-corrected chi connectivity index (χ0v) is 18.4. The van der Waals surface area contributed by atoms with Crippen molar-refractivity contribution >= 4 is 28.9 Å². The van der Waals surface area contributed by atoms with Gasteiger partial charge in [-0.05, 0) is 38.2 Å². The van der Waals surface area contributed by atoms with Gasteiger partial charge in [0.25, 0.3) is 5.56 Å². The molecule has 4 rings (SSSR count). The minimum absolute atomic E-state index is 0.383. The highest BCUT2D eigenvalue weighted by Gasteiger charge is 2.24. The van der Waals surface area contributed by atoms with Crippen LogP contribution < -0.4 is 16.1 Å². The maximum absolute atomic E-state index is 12.7. The Balaban J connectivity index is 1.62. The molecule has 0 radical (unpaired) electrons. The summed E-state index contributed by atoms with van der Waals surface area (Å²) in [5, 5.41) is 0.760. The number of piperidine rings is 1. The first kappa shape index (κ1) is 20.6. The second kappa shape index (κ2) is 8.63. The van der Waals surface area contributed by atoms with Gasteiger partial charge in [-0.15, -0.1) is 0 Å². The number of aryl methyl sites for hydroxylation is 3. The highest BCUT2D eigenvalue weighted by atomic mass is 32.2. The van der Waals surface area contributed by atoms with E-state index in [0.717, 1.165) is 48.5 Å². The Kier molecular flexibility index (Phi) is 5.94. The minimum Gasteiger partial charge on any atom is -0.342 e. The van der Waals surface area contributed by atoms with Crippen molar-refractivity contribution in [3.05, 3.63) is 38.8 Å². The van der Waals surface area contributed by atoms with Crippen LogP contribution in [0.15, 0.2) is 27.0 Å². The van der Waals surface area contributed by atoms with Crippen LogP contribution in [0.4, 0.5) is 5.95 Å². The number of nitrogens with one attached hydrogen (secondary N) is 1. The van der Waals surface area contributed by atoms with Gasteiger partial charge in [0.1, 0.15) is 0 Å². The molecular formula is C20H27N7O2S. The molecule has 30 heavy (non-hydrogen) atoms. The summed E-state index contributed by atoms with van der Waals surface area (Å²) >= 11 is 1.60. The van der Waals surface area contributed by atoms with Crippen LogP contribution in [0, 0.1) is 12.8 Å². The van der Waals surface area contributed by atoms with Crippen LogP contribution in [0.3, 0.4) is 0 Å². The van der Waals surface area contributed by atoms with Gasteiger partial charge in [0.2, 0.25) is 5.95 Å². The van der Waals surface area contributed by atoms with Crippen molar-refractivity contribution in [2.75, 3.05) is 23.7 Å². The molecule has 4 heterocycles. The fourth-order valence-corrected chi connectivity index (χ4v) is 4.73. The maximum Gasteiger partial charge on any atom is 0.329 e. The van der Waals surface area contributed by atoms with Crippen molar-refractivity contribution in [1.29, 1.82) is 0 Å². The Morgan fingerprint density at radius 2 is 2.13 bits per heavy atom. The number of H-pyrrole nitrogens is 1. The topological polar surface area (TPSA) is 102 Å². The SMILES string of the molecule is Cc1ccnc(SCCCn2c(N3CCC[C@@H](C)C3)nc3c2c(=O)[nH]c(=O)n3C)n1. The molecule has 0 amide bonds. The van der Waals surface area contributed by atoms with E-state index in [-0.39, 0.29) is 5.56 Å². The van der Waals surface area contributed by atoms with E-state index in [0.29, 0.717) is 23.6 Å². The van der Waals surface area contributed by atoms with Crippen LogP contribution in [0.5, 0.6) is 0 Å². The third kappa shape index (κ3) is 4.14. The second-order valence-electron chi connectivity index (χ2n) is 7.93. The summed E-state index contributed by atoms with van der Waals surface area (Å²) < 4.78 is 3.39. The molecule has 1 aliphatic rings. The zero-order valence-electron chi connectivity index (χ0n) is 17.6. The lowest BCUT2D eigenvalue weighted by Gasteiger charge is -2.32. The zero-order chi connectivity index (χ0) is 21.3. The molecule has 160 valence electrons. The third-order valence-electron chi connectivity index (χ3n) is 5.46. The molecule has 0 saturated carbocycles. The smallest absolute Gasteiger partial charge is 0.329 e. The Labute approximate surface area is 178 Å². The number of aromatic nitrogens is 6. The molecule has 0 spiro atoms. The third-order valence-corrected chi connectivity index (χ3v) is 6.40. The quantitative estimate of drug-likeness (QED) is 0.363. The first-order valence-electron chi connectivity index (χ1n) is 10.3. The number of rotatable bonds is 6. The molecule has 10 heteroatoms. The lowest BCUT2D eigenvalue weighted by molar-refractivity contribution is 0.438. The number of fused-ring (bicyclic) bond motifs is 1. The normalized spacial score (nSPS) is 17.0. The van der Waals surface area contributed by atoms with Crippen LogP contribution in [0.1, 0.15) is 31.9 Å². The highest BCUT2D eigenvalue weighted by Crippen LogP contribution is 2.26. The Morgan fingerprint density at radius 3 is 2.90 bits per heavy atom. The largest absolute Gasteiger partial charge is 0.342 e. The molecule has 0 bridgehead atoms. The predicted octanol–water partition coefficient (Wildman–Crippen LogP) is 1.94. The molecule has 3 aromatic heterocycles. The molecule has 1 saturated heterocycles. The van der Waals surface area contributed by atoms with Gasteiger partial charge in [-0.1, -0.05) is 18.7 Å². The van der Waals surface area contributed by atoms with Crippen molar-refractivity contribution in [3.8, 4) is 0 Å². The van der Waals surface area contributed by atoms with E-state index in [2.05, 4.69) is 26.8 Å². The number of hydrogen-bond donors (Lipinski definition) is 1. The van der Waals surface area contributed by atoms with Crippen LogP contribution in [-0.4, -0.2) is 47.9 Å². The number of hydrogen-bond acceptors (Lipinski definition) is 7. The lowest BCUT2D eigenvalue weighted by Crippen LogP contribution is -2.36. The van der Waals surface area contributed by atoms with Crippen LogP contribution in [-0.2, 0) is 13.6 Å². The average Bonchev–Trinajstić information content (AvgIpc) is 3.10. The molecule has 3 aromatic rings. The molecular weight excluding hydrogens is 402 g/mol. The van der Waals surface area contributed by atoms with E-state index < -0.39 is 5.69 Å². The molecule has 1 fully saturated rings. The predicted molar refractivity (Wildman–Crippen MR) is 118 cm³/mol. The number of nitrogens with zero attached hydrogens (tertiary/aromatic N) is 6. The molecule has 9 nitrogen and oxygen atoms in total. The summed E-state index contributed by atoms with van der Waals surface area (Å²) in [6.07, 6.45) is 4.89. The van der Waals surface area contributed by atoms with Crippen molar-refractivity contribution in [3.63, 3.8) is 0 Å². The van der Waals surface area contributed by atoms with Crippen molar-refractivity contribution in [2.24, 2.45) is 13.0 Å². The van der Waals surface area contributed by atoms with Crippen molar-refractivity contribution in [2.45, 2.75) is 44.8 Å². The first-order chi connectivity index (χ1) is 14.4. The summed E-state index contributed by atoms with van der Waals surface area (Å²) in [4.78, 5) is 42.8. The van der Waals surface area contributed by atoms with E-state index in [1.54, 1.807) is 25.0 Å². The number of aromatic amines is 1. The van der Waals surface area contributed by atoms with Gasteiger partial charge in [0.05, 0.1) is 0 Å². The van der Waals surface area contributed by atoms with Crippen LogP contribution in [0.2, 0.25) is 0 Å².